The molecule has 18 heavy (non-hydrogen) atoms. The Hall–Kier alpha value is -0.650. The third-order valence-corrected chi connectivity index (χ3v) is 3.29. The minimum absolute atomic E-state index is 0.244. The highest BCUT2D eigenvalue weighted by atomic mass is 16.5. The van der Waals surface area contributed by atoms with E-state index in [1.165, 1.54) is 0 Å². The van der Waals surface area contributed by atoms with Crippen LogP contribution in [0.2, 0.25) is 0 Å². The smallest absolute Gasteiger partial charge is 0.223 e. The van der Waals surface area contributed by atoms with Crippen molar-refractivity contribution in [2.24, 2.45) is 0 Å². The summed E-state index contributed by atoms with van der Waals surface area (Å²) < 4.78 is 10.3. The SMILES string of the molecule is COCCOCCN1CCN(C(C)C)CCC1=O. The predicted molar refractivity (Wildman–Crippen MR) is 70.6 cm³/mol. The van der Waals surface area contributed by atoms with Gasteiger partial charge in [0.1, 0.15) is 0 Å². The Morgan fingerprint density at radius 3 is 2.61 bits per heavy atom. The van der Waals surface area contributed by atoms with Gasteiger partial charge in [0.25, 0.3) is 0 Å². The van der Waals surface area contributed by atoms with Crippen molar-refractivity contribution in [3.8, 4) is 0 Å². The molecule has 5 heteroatoms. The maximum absolute atomic E-state index is 11.9. The molecule has 0 bridgehead atoms. The highest BCUT2D eigenvalue weighted by molar-refractivity contribution is 5.76. The Morgan fingerprint density at radius 1 is 1.17 bits per heavy atom. The van der Waals surface area contributed by atoms with E-state index in [0.717, 1.165) is 19.6 Å². The quantitative estimate of drug-likeness (QED) is 0.627. The molecule has 0 N–H and O–H groups in total. The van der Waals surface area contributed by atoms with Crippen LogP contribution in [0, 0.1) is 0 Å². The van der Waals surface area contributed by atoms with Crippen LogP contribution < -0.4 is 0 Å². The molecule has 106 valence electrons. The molecule has 1 aliphatic rings. The Labute approximate surface area is 110 Å². The van der Waals surface area contributed by atoms with E-state index in [4.69, 9.17) is 9.47 Å². The molecule has 0 spiro atoms. The van der Waals surface area contributed by atoms with E-state index in [-0.39, 0.29) is 5.91 Å². The van der Waals surface area contributed by atoms with Crippen molar-refractivity contribution in [2.45, 2.75) is 26.3 Å². The van der Waals surface area contributed by atoms with Gasteiger partial charge in [-0.3, -0.25) is 9.69 Å². The van der Waals surface area contributed by atoms with Gasteiger partial charge in [-0.2, -0.15) is 0 Å². The van der Waals surface area contributed by atoms with Gasteiger partial charge in [-0.05, 0) is 13.8 Å². The van der Waals surface area contributed by atoms with Gasteiger partial charge in [-0.25, -0.2) is 0 Å². The molecule has 1 fully saturated rings. The molecule has 1 amide bonds. The number of amides is 1. The van der Waals surface area contributed by atoms with Crippen LogP contribution in [0.5, 0.6) is 0 Å². The summed E-state index contributed by atoms with van der Waals surface area (Å²) in [7, 11) is 1.65. The summed E-state index contributed by atoms with van der Waals surface area (Å²) in [5.74, 6) is 0.244. The molecular weight excluding hydrogens is 232 g/mol. The molecule has 1 saturated heterocycles. The summed E-state index contributed by atoms with van der Waals surface area (Å²) >= 11 is 0. The molecule has 0 aromatic carbocycles. The second-order valence-electron chi connectivity index (χ2n) is 4.87. The van der Waals surface area contributed by atoms with E-state index in [1.54, 1.807) is 7.11 Å². The van der Waals surface area contributed by atoms with Gasteiger partial charge in [0, 0.05) is 45.8 Å². The van der Waals surface area contributed by atoms with E-state index in [1.807, 2.05) is 4.90 Å². The summed E-state index contributed by atoms with van der Waals surface area (Å²) in [5, 5.41) is 0. The molecule has 0 unspecified atom stereocenters. The third kappa shape index (κ3) is 5.33. The van der Waals surface area contributed by atoms with Crippen LogP contribution >= 0.6 is 0 Å². The standard InChI is InChI=1S/C13H26N2O3/c1-12(2)14-5-4-13(16)15(7-6-14)8-9-18-11-10-17-3/h12H,4-11H2,1-3H3. The van der Waals surface area contributed by atoms with Crippen LogP contribution in [0.1, 0.15) is 20.3 Å². The first kappa shape index (κ1) is 15.4. The van der Waals surface area contributed by atoms with Crippen molar-refractivity contribution in [1.29, 1.82) is 0 Å². The highest BCUT2D eigenvalue weighted by Crippen LogP contribution is 2.07. The lowest BCUT2D eigenvalue weighted by molar-refractivity contribution is -0.131. The van der Waals surface area contributed by atoms with Crippen molar-refractivity contribution >= 4 is 5.91 Å². The van der Waals surface area contributed by atoms with Crippen LogP contribution in [-0.2, 0) is 14.3 Å². The lowest BCUT2D eigenvalue weighted by Gasteiger charge is -2.24. The largest absolute Gasteiger partial charge is 0.382 e. The summed E-state index contributed by atoms with van der Waals surface area (Å²) in [6.07, 6.45) is 0.621. The topological polar surface area (TPSA) is 42.0 Å². The number of hydrogen-bond donors (Lipinski definition) is 0. The molecule has 1 aliphatic heterocycles. The first-order valence-corrected chi connectivity index (χ1v) is 6.73. The minimum atomic E-state index is 0.244. The van der Waals surface area contributed by atoms with Crippen LogP contribution in [0.3, 0.4) is 0 Å². The normalized spacial score (nSPS) is 18.4. The number of nitrogens with zero attached hydrogens (tertiary/aromatic N) is 2. The maximum Gasteiger partial charge on any atom is 0.223 e. The van der Waals surface area contributed by atoms with E-state index < -0.39 is 0 Å². The highest BCUT2D eigenvalue weighted by Gasteiger charge is 2.21. The fraction of sp³-hybridized carbons (Fsp3) is 0.923. The number of carbonyl (C=O) groups excluding carboxylic acids is 1. The number of ether oxygens (including phenoxy) is 2. The monoisotopic (exact) mass is 258 g/mol. The molecule has 1 rings (SSSR count). The zero-order valence-corrected chi connectivity index (χ0v) is 11.9. The zero-order valence-electron chi connectivity index (χ0n) is 11.9. The number of hydrogen-bond acceptors (Lipinski definition) is 4. The Bertz CT molecular complexity index is 246. The van der Waals surface area contributed by atoms with Gasteiger partial charge in [0.05, 0.1) is 19.8 Å². The van der Waals surface area contributed by atoms with Crippen molar-refractivity contribution in [1.82, 2.24) is 9.80 Å². The van der Waals surface area contributed by atoms with Crippen LogP contribution in [0.4, 0.5) is 0 Å². The first-order chi connectivity index (χ1) is 8.65. The summed E-state index contributed by atoms with van der Waals surface area (Å²) in [4.78, 5) is 16.2. The van der Waals surface area contributed by atoms with E-state index in [2.05, 4.69) is 18.7 Å². The summed E-state index contributed by atoms with van der Waals surface area (Å²) in [6, 6.07) is 0.510. The van der Waals surface area contributed by atoms with Crippen LogP contribution in [0.15, 0.2) is 0 Å². The molecule has 0 atom stereocenters. The number of methoxy groups -OCH3 is 1. The lowest BCUT2D eigenvalue weighted by Crippen LogP contribution is -2.37. The number of rotatable bonds is 7. The van der Waals surface area contributed by atoms with Crippen molar-refractivity contribution < 1.29 is 14.3 Å². The number of carbonyl (C=O) groups is 1. The predicted octanol–water partition coefficient (Wildman–Crippen LogP) is 0.592. The van der Waals surface area contributed by atoms with Gasteiger partial charge in [-0.15, -0.1) is 0 Å². The van der Waals surface area contributed by atoms with E-state index in [9.17, 15) is 4.79 Å². The van der Waals surface area contributed by atoms with Crippen molar-refractivity contribution in [3.05, 3.63) is 0 Å². The van der Waals surface area contributed by atoms with Gasteiger partial charge in [0.2, 0.25) is 5.91 Å². The average molecular weight is 258 g/mol. The van der Waals surface area contributed by atoms with Crippen LogP contribution in [-0.4, -0.2) is 74.9 Å². The zero-order chi connectivity index (χ0) is 13.4. The molecular formula is C13H26N2O3. The fourth-order valence-corrected chi connectivity index (χ4v) is 2.05. The van der Waals surface area contributed by atoms with Gasteiger partial charge >= 0.3 is 0 Å². The second-order valence-corrected chi connectivity index (χ2v) is 4.87. The minimum Gasteiger partial charge on any atom is -0.382 e. The summed E-state index contributed by atoms with van der Waals surface area (Å²) in [6.45, 7) is 9.47. The molecule has 0 radical (unpaired) electrons. The molecule has 1 heterocycles. The third-order valence-electron chi connectivity index (χ3n) is 3.29. The van der Waals surface area contributed by atoms with Crippen LogP contribution in [0.25, 0.3) is 0 Å². The lowest BCUT2D eigenvalue weighted by atomic mass is 10.3. The second kappa shape index (κ2) is 8.45. The molecule has 0 aromatic heterocycles. The van der Waals surface area contributed by atoms with E-state index >= 15 is 0 Å². The van der Waals surface area contributed by atoms with Crippen molar-refractivity contribution in [3.63, 3.8) is 0 Å². The average Bonchev–Trinajstić information content (AvgIpc) is 2.52. The fourth-order valence-electron chi connectivity index (χ4n) is 2.05. The van der Waals surface area contributed by atoms with Gasteiger partial charge < -0.3 is 14.4 Å². The Balaban J connectivity index is 2.25. The molecule has 0 saturated carbocycles. The summed E-state index contributed by atoms with van der Waals surface area (Å²) in [5.41, 5.74) is 0. The first-order valence-electron chi connectivity index (χ1n) is 6.73. The molecule has 5 nitrogen and oxygen atoms in total. The van der Waals surface area contributed by atoms with Gasteiger partial charge in [-0.1, -0.05) is 0 Å². The van der Waals surface area contributed by atoms with E-state index in [0.29, 0.717) is 38.8 Å². The maximum atomic E-state index is 11.9. The van der Waals surface area contributed by atoms with Crippen molar-refractivity contribution in [2.75, 3.05) is 53.1 Å². The Kier molecular flexibility index (Phi) is 7.23. The molecule has 0 aliphatic carbocycles. The Morgan fingerprint density at radius 2 is 1.94 bits per heavy atom. The van der Waals surface area contributed by atoms with Gasteiger partial charge in [0.15, 0.2) is 0 Å². The molecule has 0 aromatic rings.